The quantitative estimate of drug-likeness (QED) is 0.664. The molecule has 1 heterocycles. The molecule has 2 N–H and O–H groups in total. The van der Waals surface area contributed by atoms with Crippen LogP contribution in [0, 0.1) is 0 Å². The van der Waals surface area contributed by atoms with Crippen molar-refractivity contribution in [3.05, 3.63) is 0 Å². The zero-order valence-electron chi connectivity index (χ0n) is 7.04. The summed E-state index contributed by atoms with van der Waals surface area (Å²) in [6.45, 7) is 1.53. The van der Waals surface area contributed by atoms with E-state index in [4.69, 9.17) is 0 Å². The Bertz CT molecular complexity index is 212. The van der Waals surface area contributed by atoms with Crippen LogP contribution in [-0.2, 0) is 10.0 Å². The Hall–Kier alpha value is 0.160. The third-order valence-corrected chi connectivity index (χ3v) is 3.82. The first kappa shape index (κ1) is 12.2. The molecule has 0 aromatic carbocycles. The van der Waals surface area contributed by atoms with E-state index in [1.165, 1.54) is 7.05 Å². The lowest BCUT2D eigenvalue weighted by molar-refractivity contribution is 0.493. The molecule has 12 heavy (non-hydrogen) atoms. The van der Waals surface area contributed by atoms with Gasteiger partial charge in [-0.25, -0.2) is 13.1 Å². The summed E-state index contributed by atoms with van der Waals surface area (Å²) in [4.78, 5) is 0. The number of sulfonamides is 1. The fourth-order valence-corrected chi connectivity index (χ4v) is 2.40. The molecule has 0 unspecified atom stereocenters. The van der Waals surface area contributed by atoms with Crippen LogP contribution in [0.1, 0.15) is 12.8 Å². The molecule has 0 amide bonds. The predicted octanol–water partition coefficient (Wildman–Crippen LogP) is -0.291. The summed E-state index contributed by atoms with van der Waals surface area (Å²) in [7, 11) is -1.57. The van der Waals surface area contributed by atoms with Crippen LogP contribution in [0.25, 0.3) is 0 Å². The summed E-state index contributed by atoms with van der Waals surface area (Å²) in [6.07, 6.45) is 1.72. The Labute approximate surface area is 79.6 Å². The van der Waals surface area contributed by atoms with Crippen molar-refractivity contribution in [2.75, 3.05) is 20.1 Å². The first-order valence-electron chi connectivity index (χ1n) is 3.80. The molecule has 0 aliphatic carbocycles. The number of hydrogen-bond acceptors (Lipinski definition) is 3. The smallest absolute Gasteiger partial charge is 0.215 e. The lowest BCUT2D eigenvalue weighted by Crippen LogP contribution is -2.43. The summed E-state index contributed by atoms with van der Waals surface area (Å²) >= 11 is 0. The van der Waals surface area contributed by atoms with E-state index in [0.29, 0.717) is 6.54 Å². The van der Waals surface area contributed by atoms with Crippen LogP contribution in [0.5, 0.6) is 0 Å². The Morgan fingerprint density at radius 3 is 2.58 bits per heavy atom. The van der Waals surface area contributed by atoms with Crippen LogP contribution in [-0.4, -0.2) is 33.8 Å². The minimum Gasteiger partial charge on any atom is -0.315 e. The van der Waals surface area contributed by atoms with Crippen molar-refractivity contribution in [1.82, 2.24) is 10.0 Å². The van der Waals surface area contributed by atoms with Gasteiger partial charge in [0.1, 0.15) is 0 Å². The van der Waals surface area contributed by atoms with E-state index in [1.54, 1.807) is 0 Å². The van der Waals surface area contributed by atoms with Gasteiger partial charge in [-0.05, 0) is 26.4 Å². The van der Waals surface area contributed by atoms with Crippen LogP contribution in [0.15, 0.2) is 0 Å². The second kappa shape index (κ2) is 5.01. The highest BCUT2D eigenvalue weighted by Crippen LogP contribution is 2.09. The Kier molecular flexibility index (Phi) is 5.08. The van der Waals surface area contributed by atoms with Gasteiger partial charge < -0.3 is 5.32 Å². The molecule has 6 heteroatoms. The van der Waals surface area contributed by atoms with E-state index in [2.05, 4.69) is 10.0 Å². The van der Waals surface area contributed by atoms with Gasteiger partial charge in [0.15, 0.2) is 0 Å². The number of piperidine rings is 1. The molecular weight excluding hydrogens is 200 g/mol. The van der Waals surface area contributed by atoms with Crippen molar-refractivity contribution in [3.63, 3.8) is 0 Å². The van der Waals surface area contributed by atoms with Crippen LogP contribution in [0.4, 0.5) is 0 Å². The number of nitrogens with one attached hydrogen (secondary N) is 2. The second-order valence-corrected chi connectivity index (χ2v) is 4.88. The van der Waals surface area contributed by atoms with Gasteiger partial charge >= 0.3 is 0 Å². The molecule has 1 aliphatic rings. The fourth-order valence-electron chi connectivity index (χ4n) is 1.25. The molecule has 0 aromatic rings. The van der Waals surface area contributed by atoms with Gasteiger partial charge in [-0.15, -0.1) is 12.4 Å². The van der Waals surface area contributed by atoms with Gasteiger partial charge in [0.25, 0.3) is 0 Å². The zero-order chi connectivity index (χ0) is 8.32. The third-order valence-electron chi connectivity index (χ3n) is 1.98. The van der Waals surface area contributed by atoms with Crippen molar-refractivity contribution in [2.45, 2.75) is 18.1 Å². The Morgan fingerprint density at radius 2 is 2.17 bits per heavy atom. The highest BCUT2D eigenvalue weighted by molar-refractivity contribution is 7.90. The molecular formula is C6H15ClN2O2S. The first-order valence-corrected chi connectivity index (χ1v) is 5.34. The normalized spacial score (nSPS) is 24.6. The molecule has 1 rings (SSSR count). The zero-order valence-corrected chi connectivity index (χ0v) is 8.67. The molecule has 1 saturated heterocycles. The van der Waals surface area contributed by atoms with E-state index < -0.39 is 10.0 Å². The topological polar surface area (TPSA) is 58.2 Å². The first-order chi connectivity index (χ1) is 5.17. The van der Waals surface area contributed by atoms with E-state index in [1.807, 2.05) is 0 Å². The van der Waals surface area contributed by atoms with E-state index in [9.17, 15) is 8.42 Å². The summed E-state index contributed by atoms with van der Waals surface area (Å²) in [6, 6.07) is 0. The van der Waals surface area contributed by atoms with Crippen molar-refractivity contribution in [2.24, 2.45) is 0 Å². The van der Waals surface area contributed by atoms with Gasteiger partial charge in [0.05, 0.1) is 5.25 Å². The lowest BCUT2D eigenvalue weighted by Gasteiger charge is -2.21. The second-order valence-electron chi connectivity index (χ2n) is 2.72. The van der Waals surface area contributed by atoms with Crippen LogP contribution >= 0.6 is 12.4 Å². The van der Waals surface area contributed by atoms with Crippen molar-refractivity contribution < 1.29 is 8.42 Å². The maximum absolute atomic E-state index is 11.2. The van der Waals surface area contributed by atoms with Crippen LogP contribution in [0.3, 0.4) is 0 Å². The van der Waals surface area contributed by atoms with Crippen LogP contribution in [0.2, 0.25) is 0 Å². The molecule has 1 aliphatic heterocycles. The average molecular weight is 215 g/mol. The predicted molar refractivity (Wildman–Crippen MR) is 51.1 cm³/mol. The molecule has 0 saturated carbocycles. The molecule has 0 bridgehead atoms. The van der Waals surface area contributed by atoms with E-state index in [0.717, 1.165) is 19.4 Å². The van der Waals surface area contributed by atoms with Gasteiger partial charge in [-0.1, -0.05) is 0 Å². The largest absolute Gasteiger partial charge is 0.315 e. The standard InChI is InChI=1S/C6H14N2O2S.ClH/c1-7-11(9,10)6-3-2-4-8-5-6;/h6-8H,2-5H2,1H3;1H/t6-;/m1./s1. The molecule has 74 valence electrons. The number of halogens is 1. The maximum Gasteiger partial charge on any atom is 0.215 e. The van der Waals surface area contributed by atoms with E-state index >= 15 is 0 Å². The van der Waals surface area contributed by atoms with Gasteiger partial charge in [-0.3, -0.25) is 0 Å². The SMILES string of the molecule is CNS(=O)(=O)[C@@H]1CCCNC1.Cl. The Morgan fingerprint density at radius 1 is 1.50 bits per heavy atom. The molecule has 1 atom stereocenters. The number of rotatable bonds is 2. The molecule has 0 radical (unpaired) electrons. The third kappa shape index (κ3) is 2.90. The van der Waals surface area contributed by atoms with Gasteiger partial charge in [0, 0.05) is 6.54 Å². The minimum absolute atomic E-state index is 0. The highest BCUT2D eigenvalue weighted by atomic mass is 35.5. The van der Waals surface area contributed by atoms with Gasteiger partial charge in [0.2, 0.25) is 10.0 Å². The molecule has 0 spiro atoms. The summed E-state index contributed by atoms with van der Waals surface area (Å²) in [5.74, 6) is 0. The fraction of sp³-hybridized carbons (Fsp3) is 1.00. The van der Waals surface area contributed by atoms with Crippen LogP contribution < -0.4 is 10.0 Å². The molecule has 1 fully saturated rings. The van der Waals surface area contributed by atoms with Crippen molar-refractivity contribution in [1.29, 1.82) is 0 Å². The van der Waals surface area contributed by atoms with E-state index in [-0.39, 0.29) is 17.7 Å². The summed E-state index contributed by atoms with van der Waals surface area (Å²) < 4.78 is 24.7. The maximum atomic E-state index is 11.2. The highest BCUT2D eigenvalue weighted by Gasteiger charge is 2.24. The van der Waals surface area contributed by atoms with Crippen molar-refractivity contribution >= 4 is 22.4 Å². The molecule has 0 aromatic heterocycles. The van der Waals surface area contributed by atoms with Crippen molar-refractivity contribution in [3.8, 4) is 0 Å². The summed E-state index contributed by atoms with van der Waals surface area (Å²) in [5, 5.41) is 2.82. The monoisotopic (exact) mass is 214 g/mol. The molecule has 4 nitrogen and oxygen atoms in total. The van der Waals surface area contributed by atoms with Gasteiger partial charge in [-0.2, -0.15) is 0 Å². The average Bonchev–Trinajstić information content (AvgIpc) is 2.06. The lowest BCUT2D eigenvalue weighted by atomic mass is 10.2. The Balaban J connectivity index is 0.00000121. The summed E-state index contributed by atoms with van der Waals surface area (Å²) in [5.41, 5.74) is 0. The number of hydrogen-bond donors (Lipinski definition) is 2. The minimum atomic E-state index is -3.03.